The molecule has 6 heteroatoms. The van der Waals surface area contributed by atoms with Gasteiger partial charge in [-0.2, -0.15) is 5.26 Å². The molecule has 0 spiro atoms. The fourth-order valence-electron chi connectivity index (χ4n) is 2.03. The highest BCUT2D eigenvalue weighted by molar-refractivity contribution is 5.34. The number of aliphatic hydroxyl groups is 1. The summed E-state index contributed by atoms with van der Waals surface area (Å²) < 4.78 is 27.3. The Hall–Kier alpha value is -1.55. The first-order chi connectivity index (χ1) is 9.25. The van der Waals surface area contributed by atoms with E-state index in [1.807, 2.05) is 19.0 Å². The molecule has 1 aromatic carbocycles. The minimum Gasteiger partial charge on any atom is -0.388 e. The zero-order valence-corrected chi connectivity index (χ0v) is 11.9. The van der Waals surface area contributed by atoms with Crippen LogP contribution in [0.25, 0.3) is 0 Å². The highest BCUT2D eigenvalue weighted by atomic mass is 19.1. The van der Waals surface area contributed by atoms with Crippen molar-refractivity contribution in [3.8, 4) is 6.07 Å². The topological polar surface area (TPSA) is 59.3 Å². The van der Waals surface area contributed by atoms with E-state index in [9.17, 15) is 13.9 Å². The summed E-state index contributed by atoms with van der Waals surface area (Å²) in [4.78, 5) is 1.82. The quantitative estimate of drug-likeness (QED) is 0.824. The van der Waals surface area contributed by atoms with Gasteiger partial charge >= 0.3 is 0 Å². The summed E-state index contributed by atoms with van der Waals surface area (Å²) in [5.74, 6) is -1.53. The molecule has 0 aliphatic carbocycles. The first-order valence-corrected chi connectivity index (χ1v) is 6.21. The molecule has 2 N–H and O–H groups in total. The predicted molar refractivity (Wildman–Crippen MR) is 72.0 cm³/mol. The summed E-state index contributed by atoms with van der Waals surface area (Å²) >= 11 is 0. The second-order valence-corrected chi connectivity index (χ2v) is 5.37. The number of hydrogen-bond acceptors (Lipinski definition) is 4. The van der Waals surface area contributed by atoms with Gasteiger partial charge in [-0.1, -0.05) is 0 Å². The zero-order chi connectivity index (χ0) is 15.3. The van der Waals surface area contributed by atoms with Gasteiger partial charge in [-0.15, -0.1) is 0 Å². The smallest absolute Gasteiger partial charge is 0.131 e. The molecule has 0 saturated carbocycles. The number of rotatable bonds is 6. The summed E-state index contributed by atoms with van der Waals surface area (Å²) in [5.41, 5.74) is -1.18. The molecular weight excluding hydrogens is 264 g/mol. The van der Waals surface area contributed by atoms with E-state index in [2.05, 4.69) is 5.32 Å². The van der Waals surface area contributed by atoms with Crippen LogP contribution in [0.15, 0.2) is 12.1 Å². The number of halogens is 2. The monoisotopic (exact) mass is 283 g/mol. The minimum atomic E-state index is -0.997. The molecule has 0 aliphatic heterocycles. The Morgan fingerprint density at radius 1 is 1.35 bits per heavy atom. The molecule has 0 bridgehead atoms. The Balaban J connectivity index is 2.65. The normalized spacial score (nSPS) is 14.1. The molecule has 20 heavy (non-hydrogen) atoms. The second-order valence-electron chi connectivity index (χ2n) is 5.37. The molecule has 1 unspecified atom stereocenters. The maximum Gasteiger partial charge on any atom is 0.131 e. The van der Waals surface area contributed by atoms with Crippen LogP contribution in [0.4, 0.5) is 8.78 Å². The van der Waals surface area contributed by atoms with Crippen molar-refractivity contribution in [3.05, 3.63) is 34.9 Å². The van der Waals surface area contributed by atoms with Crippen molar-refractivity contribution < 1.29 is 13.9 Å². The average Bonchev–Trinajstić information content (AvgIpc) is 2.30. The van der Waals surface area contributed by atoms with Crippen LogP contribution >= 0.6 is 0 Å². The van der Waals surface area contributed by atoms with Crippen molar-refractivity contribution in [2.45, 2.75) is 19.1 Å². The molecule has 0 saturated heterocycles. The third-order valence-corrected chi connectivity index (χ3v) is 2.73. The summed E-state index contributed by atoms with van der Waals surface area (Å²) in [7, 11) is 3.66. The van der Waals surface area contributed by atoms with E-state index >= 15 is 0 Å². The molecule has 1 aromatic rings. The summed E-state index contributed by atoms with van der Waals surface area (Å²) in [6, 6.07) is 3.69. The highest BCUT2D eigenvalue weighted by Crippen LogP contribution is 2.15. The number of nitrogens with one attached hydrogen (secondary N) is 1. The maximum atomic E-state index is 13.6. The number of hydrogen-bond donors (Lipinski definition) is 2. The lowest BCUT2D eigenvalue weighted by atomic mass is 10.1. The van der Waals surface area contributed by atoms with Crippen LogP contribution in [0.1, 0.15) is 18.1 Å². The van der Waals surface area contributed by atoms with Crippen LogP contribution in [0.2, 0.25) is 0 Å². The van der Waals surface area contributed by atoms with Crippen molar-refractivity contribution in [1.29, 1.82) is 5.26 Å². The molecule has 0 aliphatic rings. The van der Waals surface area contributed by atoms with Gasteiger partial charge in [0.2, 0.25) is 0 Å². The fourth-order valence-corrected chi connectivity index (χ4v) is 2.03. The molecule has 0 aromatic heterocycles. The third-order valence-electron chi connectivity index (χ3n) is 2.73. The molecule has 1 rings (SSSR count). The lowest BCUT2D eigenvalue weighted by Crippen LogP contribution is -2.45. The number of benzene rings is 1. The van der Waals surface area contributed by atoms with Crippen LogP contribution < -0.4 is 5.32 Å². The Kier molecular flexibility index (Phi) is 5.57. The summed E-state index contributed by atoms with van der Waals surface area (Å²) in [5, 5.41) is 21.5. The molecule has 0 radical (unpaired) electrons. The van der Waals surface area contributed by atoms with E-state index in [-0.39, 0.29) is 24.2 Å². The van der Waals surface area contributed by atoms with Crippen molar-refractivity contribution in [1.82, 2.24) is 10.2 Å². The largest absolute Gasteiger partial charge is 0.388 e. The van der Waals surface area contributed by atoms with Gasteiger partial charge in [0.1, 0.15) is 11.6 Å². The summed E-state index contributed by atoms with van der Waals surface area (Å²) in [6.45, 7) is 2.22. The first-order valence-electron chi connectivity index (χ1n) is 6.21. The molecule has 4 nitrogen and oxygen atoms in total. The lowest BCUT2D eigenvalue weighted by Gasteiger charge is -2.27. The van der Waals surface area contributed by atoms with E-state index in [1.54, 1.807) is 13.0 Å². The van der Waals surface area contributed by atoms with Gasteiger partial charge in [0.15, 0.2) is 0 Å². The van der Waals surface area contributed by atoms with Crippen molar-refractivity contribution in [2.24, 2.45) is 0 Å². The third kappa shape index (κ3) is 4.85. The molecule has 1 atom stereocenters. The van der Waals surface area contributed by atoms with Crippen LogP contribution in [-0.4, -0.2) is 42.8 Å². The Labute approximate surface area is 117 Å². The van der Waals surface area contributed by atoms with Gasteiger partial charge in [-0.25, -0.2) is 8.78 Å². The lowest BCUT2D eigenvalue weighted by molar-refractivity contribution is 0.0334. The predicted octanol–water partition coefficient (Wildman–Crippen LogP) is 1.24. The molecule has 0 amide bonds. The van der Waals surface area contributed by atoms with Crippen LogP contribution in [0.5, 0.6) is 0 Å². The standard InChI is InChI=1S/C14H19F2N3O/c1-14(20,9-19(2)3)8-18-7-11-12(15)4-10(6-17)5-13(11)16/h4-5,18,20H,7-9H2,1-3H3. The van der Waals surface area contributed by atoms with Crippen LogP contribution in [0.3, 0.4) is 0 Å². The molecule has 110 valence electrons. The van der Waals surface area contributed by atoms with Crippen LogP contribution in [0, 0.1) is 23.0 Å². The van der Waals surface area contributed by atoms with E-state index < -0.39 is 17.2 Å². The van der Waals surface area contributed by atoms with E-state index in [4.69, 9.17) is 5.26 Å². The van der Waals surface area contributed by atoms with Crippen molar-refractivity contribution in [2.75, 3.05) is 27.2 Å². The average molecular weight is 283 g/mol. The van der Waals surface area contributed by atoms with E-state index in [0.717, 1.165) is 12.1 Å². The van der Waals surface area contributed by atoms with Gasteiger partial charge in [0.25, 0.3) is 0 Å². The van der Waals surface area contributed by atoms with Crippen LogP contribution in [-0.2, 0) is 6.54 Å². The van der Waals surface area contributed by atoms with Gasteiger partial charge in [-0.3, -0.25) is 0 Å². The number of nitrogens with zero attached hydrogens (tertiary/aromatic N) is 2. The highest BCUT2D eigenvalue weighted by Gasteiger charge is 2.21. The van der Waals surface area contributed by atoms with E-state index in [1.165, 1.54) is 0 Å². The summed E-state index contributed by atoms with van der Waals surface area (Å²) in [6.07, 6.45) is 0. The number of likely N-dealkylation sites (N-methyl/N-ethyl adjacent to an activating group) is 1. The Bertz CT molecular complexity index is 487. The second kappa shape index (κ2) is 6.75. The van der Waals surface area contributed by atoms with Gasteiger partial charge in [0, 0.05) is 25.2 Å². The SMILES string of the molecule is CN(C)CC(C)(O)CNCc1c(F)cc(C#N)cc1F. The Morgan fingerprint density at radius 3 is 2.35 bits per heavy atom. The maximum absolute atomic E-state index is 13.6. The first kappa shape index (κ1) is 16.5. The molecular formula is C14H19F2N3O. The number of nitriles is 1. The van der Waals surface area contributed by atoms with Gasteiger partial charge in [0.05, 0.1) is 17.2 Å². The van der Waals surface area contributed by atoms with Crippen molar-refractivity contribution in [3.63, 3.8) is 0 Å². The van der Waals surface area contributed by atoms with Gasteiger partial charge < -0.3 is 15.3 Å². The fraction of sp³-hybridized carbons (Fsp3) is 0.500. The van der Waals surface area contributed by atoms with Gasteiger partial charge in [-0.05, 0) is 33.2 Å². The molecule has 0 heterocycles. The zero-order valence-electron chi connectivity index (χ0n) is 11.9. The minimum absolute atomic E-state index is 0.0487. The Morgan fingerprint density at radius 2 is 1.90 bits per heavy atom. The van der Waals surface area contributed by atoms with Crippen molar-refractivity contribution >= 4 is 0 Å². The molecule has 0 fully saturated rings. The van der Waals surface area contributed by atoms with E-state index in [0.29, 0.717) is 6.54 Å².